The second-order valence-electron chi connectivity index (χ2n) is 4.69. The quantitative estimate of drug-likeness (QED) is 0.833. The number of aliphatic hydroxyl groups is 1. The van der Waals surface area contributed by atoms with Crippen LogP contribution in [0.25, 0.3) is 0 Å². The number of amides is 1. The summed E-state index contributed by atoms with van der Waals surface area (Å²) in [4.78, 5) is 13.1. The molecule has 0 saturated carbocycles. The highest BCUT2D eigenvalue weighted by Gasteiger charge is 2.11. The molecule has 0 heterocycles. The third kappa shape index (κ3) is 4.10. The summed E-state index contributed by atoms with van der Waals surface area (Å²) >= 11 is 1.63. The molecule has 2 aromatic carbocycles. The van der Waals surface area contributed by atoms with Gasteiger partial charge in [-0.3, -0.25) is 4.79 Å². The number of hydrogen-bond donors (Lipinski definition) is 2. The fraction of sp³-hybridized carbons (Fsp3) is 0.176. The maximum absolute atomic E-state index is 12.0. The van der Waals surface area contributed by atoms with Crippen LogP contribution in [0.4, 0.5) is 0 Å². The number of carbonyl (C=O) groups excluding carboxylic acids is 1. The van der Waals surface area contributed by atoms with E-state index in [1.807, 2.05) is 36.6 Å². The van der Waals surface area contributed by atoms with Crippen molar-refractivity contribution in [3.8, 4) is 6.07 Å². The van der Waals surface area contributed by atoms with E-state index in [9.17, 15) is 9.90 Å². The van der Waals surface area contributed by atoms with Crippen molar-refractivity contribution in [2.24, 2.45) is 0 Å². The van der Waals surface area contributed by atoms with Crippen molar-refractivity contribution >= 4 is 17.7 Å². The van der Waals surface area contributed by atoms with Gasteiger partial charge in [-0.05, 0) is 48.2 Å². The fourth-order valence-electron chi connectivity index (χ4n) is 1.93. The van der Waals surface area contributed by atoms with Gasteiger partial charge < -0.3 is 10.4 Å². The highest BCUT2D eigenvalue weighted by Crippen LogP contribution is 2.18. The van der Waals surface area contributed by atoms with Crippen LogP contribution in [0.5, 0.6) is 0 Å². The second kappa shape index (κ2) is 7.64. The molecule has 2 rings (SSSR count). The number of nitrogens with one attached hydrogen (secondary N) is 1. The molecule has 0 aliphatic carbocycles. The Labute approximate surface area is 133 Å². The Hall–Kier alpha value is -2.29. The molecule has 4 nitrogen and oxygen atoms in total. The number of carbonyl (C=O) groups is 1. The van der Waals surface area contributed by atoms with Crippen LogP contribution in [0.1, 0.15) is 27.6 Å². The van der Waals surface area contributed by atoms with Gasteiger partial charge in [0, 0.05) is 17.0 Å². The molecule has 1 amide bonds. The number of aliphatic hydroxyl groups excluding tert-OH is 1. The molecule has 0 fully saturated rings. The van der Waals surface area contributed by atoms with Crippen LogP contribution in [0.2, 0.25) is 0 Å². The predicted molar refractivity (Wildman–Crippen MR) is 86.7 cm³/mol. The predicted octanol–water partition coefficient (Wildman–Crippen LogP) is 2.74. The molecule has 0 radical (unpaired) electrons. The summed E-state index contributed by atoms with van der Waals surface area (Å²) in [5, 5.41) is 21.5. The minimum atomic E-state index is -0.752. The number of hydrogen-bond acceptors (Lipinski definition) is 4. The first kappa shape index (κ1) is 16.1. The minimum absolute atomic E-state index is 0.136. The Morgan fingerprint density at radius 2 is 1.86 bits per heavy atom. The van der Waals surface area contributed by atoms with Gasteiger partial charge in [0.05, 0.1) is 17.7 Å². The van der Waals surface area contributed by atoms with Gasteiger partial charge in [0.25, 0.3) is 5.91 Å². The fourth-order valence-corrected chi connectivity index (χ4v) is 2.34. The van der Waals surface area contributed by atoms with Crippen molar-refractivity contribution in [3.05, 3.63) is 65.2 Å². The maximum Gasteiger partial charge on any atom is 0.251 e. The van der Waals surface area contributed by atoms with Gasteiger partial charge in [-0.2, -0.15) is 5.26 Å². The SMILES string of the molecule is CSc1ccc(C(O)CNC(=O)c2ccc(C#N)cc2)cc1. The normalized spacial score (nSPS) is 11.5. The zero-order chi connectivity index (χ0) is 15.9. The third-order valence-electron chi connectivity index (χ3n) is 3.23. The Morgan fingerprint density at radius 3 is 2.41 bits per heavy atom. The van der Waals surface area contributed by atoms with Gasteiger partial charge >= 0.3 is 0 Å². The van der Waals surface area contributed by atoms with E-state index in [0.29, 0.717) is 11.1 Å². The maximum atomic E-state index is 12.0. The molecular formula is C17H16N2O2S. The Balaban J connectivity index is 1.93. The van der Waals surface area contributed by atoms with Crippen LogP contribution in [-0.4, -0.2) is 23.8 Å². The van der Waals surface area contributed by atoms with E-state index in [0.717, 1.165) is 10.5 Å². The molecule has 0 aliphatic heterocycles. The number of rotatable bonds is 5. The molecule has 0 aromatic heterocycles. The van der Waals surface area contributed by atoms with Gasteiger partial charge in [-0.1, -0.05) is 12.1 Å². The Bertz CT molecular complexity index is 675. The van der Waals surface area contributed by atoms with Crippen LogP contribution >= 0.6 is 11.8 Å². The first-order valence-corrected chi connectivity index (χ1v) is 7.97. The van der Waals surface area contributed by atoms with Crippen molar-refractivity contribution in [3.63, 3.8) is 0 Å². The van der Waals surface area contributed by atoms with E-state index in [4.69, 9.17) is 5.26 Å². The first-order valence-electron chi connectivity index (χ1n) is 6.74. The highest BCUT2D eigenvalue weighted by atomic mass is 32.2. The zero-order valence-corrected chi connectivity index (χ0v) is 12.9. The monoisotopic (exact) mass is 312 g/mol. The van der Waals surface area contributed by atoms with Crippen LogP contribution < -0.4 is 5.32 Å². The van der Waals surface area contributed by atoms with Crippen LogP contribution in [0.3, 0.4) is 0 Å². The lowest BCUT2D eigenvalue weighted by atomic mass is 10.1. The summed E-state index contributed by atoms with van der Waals surface area (Å²) in [6.07, 6.45) is 1.24. The number of nitriles is 1. The summed E-state index contributed by atoms with van der Waals surface area (Å²) in [5.74, 6) is -0.274. The van der Waals surface area contributed by atoms with Crippen molar-refractivity contribution in [1.82, 2.24) is 5.32 Å². The molecule has 0 saturated heterocycles. The molecule has 0 spiro atoms. The molecule has 2 N–H and O–H groups in total. The summed E-state index contributed by atoms with van der Waals surface area (Å²) in [6, 6.07) is 15.9. The van der Waals surface area contributed by atoms with Crippen molar-refractivity contribution in [2.45, 2.75) is 11.0 Å². The van der Waals surface area contributed by atoms with E-state index in [2.05, 4.69) is 5.32 Å². The number of benzene rings is 2. The van der Waals surface area contributed by atoms with Gasteiger partial charge in [0.2, 0.25) is 0 Å². The second-order valence-corrected chi connectivity index (χ2v) is 5.57. The van der Waals surface area contributed by atoms with E-state index in [1.54, 1.807) is 36.0 Å². The minimum Gasteiger partial charge on any atom is -0.387 e. The summed E-state index contributed by atoms with van der Waals surface area (Å²) in [6.45, 7) is 0.136. The van der Waals surface area contributed by atoms with Crippen molar-refractivity contribution < 1.29 is 9.90 Å². The van der Waals surface area contributed by atoms with E-state index < -0.39 is 6.10 Å². The van der Waals surface area contributed by atoms with Crippen molar-refractivity contribution in [2.75, 3.05) is 12.8 Å². The first-order chi connectivity index (χ1) is 10.6. The molecule has 22 heavy (non-hydrogen) atoms. The number of thioether (sulfide) groups is 1. The Morgan fingerprint density at radius 1 is 1.23 bits per heavy atom. The van der Waals surface area contributed by atoms with Crippen LogP contribution in [0, 0.1) is 11.3 Å². The molecule has 0 aliphatic rings. The van der Waals surface area contributed by atoms with Gasteiger partial charge in [0.15, 0.2) is 0 Å². The zero-order valence-electron chi connectivity index (χ0n) is 12.1. The standard InChI is InChI=1S/C17H16N2O2S/c1-22-15-8-6-13(7-9-15)16(20)11-19-17(21)14-4-2-12(10-18)3-5-14/h2-9,16,20H,11H2,1H3,(H,19,21). The van der Waals surface area contributed by atoms with Gasteiger partial charge in [-0.15, -0.1) is 11.8 Å². The Kier molecular flexibility index (Phi) is 5.59. The molecule has 1 unspecified atom stereocenters. The summed E-state index contributed by atoms with van der Waals surface area (Å²) in [5.41, 5.74) is 1.73. The molecule has 2 aromatic rings. The van der Waals surface area contributed by atoms with Crippen LogP contribution in [-0.2, 0) is 0 Å². The van der Waals surface area contributed by atoms with Crippen LogP contribution in [0.15, 0.2) is 53.4 Å². The molecular weight excluding hydrogens is 296 g/mol. The van der Waals surface area contributed by atoms with Crippen molar-refractivity contribution in [1.29, 1.82) is 5.26 Å². The third-order valence-corrected chi connectivity index (χ3v) is 3.98. The molecule has 1 atom stereocenters. The number of nitrogens with zero attached hydrogens (tertiary/aromatic N) is 1. The average Bonchev–Trinajstić information content (AvgIpc) is 2.59. The van der Waals surface area contributed by atoms with E-state index in [1.165, 1.54) is 0 Å². The summed E-state index contributed by atoms with van der Waals surface area (Å²) < 4.78 is 0. The summed E-state index contributed by atoms with van der Waals surface area (Å²) in [7, 11) is 0. The molecule has 0 bridgehead atoms. The smallest absolute Gasteiger partial charge is 0.251 e. The lowest BCUT2D eigenvalue weighted by Crippen LogP contribution is -2.28. The van der Waals surface area contributed by atoms with E-state index >= 15 is 0 Å². The molecule has 112 valence electrons. The topological polar surface area (TPSA) is 73.1 Å². The average molecular weight is 312 g/mol. The van der Waals surface area contributed by atoms with Gasteiger partial charge in [0.1, 0.15) is 0 Å². The lowest BCUT2D eigenvalue weighted by Gasteiger charge is -2.12. The largest absolute Gasteiger partial charge is 0.387 e. The highest BCUT2D eigenvalue weighted by molar-refractivity contribution is 7.98. The van der Waals surface area contributed by atoms with E-state index in [-0.39, 0.29) is 12.5 Å². The van der Waals surface area contributed by atoms with Gasteiger partial charge in [-0.25, -0.2) is 0 Å². The molecule has 5 heteroatoms. The lowest BCUT2D eigenvalue weighted by molar-refractivity contribution is 0.0916.